The summed E-state index contributed by atoms with van der Waals surface area (Å²) in [5, 5.41) is 3.44. The van der Waals surface area contributed by atoms with Gasteiger partial charge in [-0.2, -0.15) is 0 Å². The molecule has 4 aliphatic rings. The third kappa shape index (κ3) is 5.70. The summed E-state index contributed by atoms with van der Waals surface area (Å²) in [6, 6.07) is 7.61. The van der Waals surface area contributed by atoms with Gasteiger partial charge in [-0.25, -0.2) is 28.1 Å². The molecule has 0 amide bonds. The van der Waals surface area contributed by atoms with Crippen LogP contribution in [0, 0.1) is 23.2 Å². The van der Waals surface area contributed by atoms with Gasteiger partial charge in [-0.3, -0.25) is 0 Å². The average Bonchev–Trinajstić information content (AvgIpc) is 3.51. The zero-order chi connectivity index (χ0) is 29.8. The molecule has 0 unspecified atom stereocenters. The maximum absolute atomic E-state index is 13.4. The van der Waals surface area contributed by atoms with E-state index in [2.05, 4.69) is 44.8 Å². The molecule has 10 nitrogen and oxygen atoms in total. The maximum Gasteiger partial charge on any atom is 0.244 e. The molecule has 3 aromatic rings. The second-order valence-electron chi connectivity index (χ2n) is 13.5. The van der Waals surface area contributed by atoms with Gasteiger partial charge in [-0.1, -0.05) is 19.9 Å². The first-order valence-electron chi connectivity index (χ1n) is 15.4. The maximum atomic E-state index is 13.4. The zero-order valence-electron chi connectivity index (χ0n) is 25.0. The van der Waals surface area contributed by atoms with Gasteiger partial charge in [0.25, 0.3) is 0 Å². The monoisotopic (exact) mass is 603 g/mol. The summed E-state index contributed by atoms with van der Waals surface area (Å²) >= 11 is 0. The highest BCUT2D eigenvalue weighted by molar-refractivity contribution is 7.89. The number of hydrogen-bond acceptors (Lipinski definition) is 9. The molecule has 3 atom stereocenters. The van der Waals surface area contributed by atoms with E-state index in [1.54, 1.807) is 18.6 Å². The highest BCUT2D eigenvalue weighted by Gasteiger charge is 2.37. The Morgan fingerprint density at radius 1 is 1.12 bits per heavy atom. The number of ether oxygens (including phenoxy) is 1. The van der Waals surface area contributed by atoms with E-state index in [-0.39, 0.29) is 16.1 Å². The van der Waals surface area contributed by atoms with E-state index in [1.165, 1.54) is 5.56 Å². The minimum atomic E-state index is -3.82. The standard InChI is InChI=1S/C32H41N7O3S/c1-32(2)6-5-27-26(13-32)31(37-19-36-27)39-7-8-42-28-4-3-21(11-25(28)18-39)24-12-29(30(33)35-17-24)43(40,41)38-14-20-9-22-15-34-16-23(22)10-20/h3-4,11-12,17,19-20,22-23,34,38H,5-10,13-16,18H2,1-2H3,(H2,33,35)/t20-,22+,23-. The van der Waals surface area contributed by atoms with E-state index in [4.69, 9.17) is 15.5 Å². The van der Waals surface area contributed by atoms with E-state index >= 15 is 0 Å². The van der Waals surface area contributed by atoms with Crippen LogP contribution in [0.2, 0.25) is 0 Å². The predicted molar refractivity (Wildman–Crippen MR) is 166 cm³/mol. The fraction of sp³-hybridized carbons (Fsp3) is 0.531. The Bertz CT molecular complexity index is 1630. The SMILES string of the molecule is CC1(C)CCc2ncnc(N3CCOc4ccc(-c5cnc(N)c(S(=O)(=O)NC[C@@H]6C[C@H]7CNC[C@H]7C6)c5)cc4C3)c2C1. The van der Waals surface area contributed by atoms with Crippen LogP contribution < -0.4 is 25.4 Å². The number of aromatic nitrogens is 3. The highest BCUT2D eigenvalue weighted by atomic mass is 32.2. The molecule has 43 heavy (non-hydrogen) atoms. The summed E-state index contributed by atoms with van der Waals surface area (Å²) in [7, 11) is -3.82. The Balaban J connectivity index is 1.13. The van der Waals surface area contributed by atoms with E-state index in [0.29, 0.717) is 49.6 Å². The summed E-state index contributed by atoms with van der Waals surface area (Å²) in [6.07, 6.45) is 8.46. The number of nitrogens with two attached hydrogens (primary N) is 1. The van der Waals surface area contributed by atoms with Crippen LogP contribution in [-0.2, 0) is 29.4 Å². The lowest BCUT2D eigenvalue weighted by Crippen LogP contribution is -2.31. The molecule has 2 aliphatic heterocycles. The smallest absolute Gasteiger partial charge is 0.244 e. The van der Waals surface area contributed by atoms with Gasteiger partial charge in [0.2, 0.25) is 10.0 Å². The van der Waals surface area contributed by atoms with Crippen molar-refractivity contribution in [1.29, 1.82) is 0 Å². The molecule has 0 radical (unpaired) electrons. The van der Waals surface area contributed by atoms with Gasteiger partial charge in [-0.05, 0) is 92.1 Å². The first-order chi connectivity index (χ1) is 20.6. The second-order valence-corrected chi connectivity index (χ2v) is 15.3. The van der Waals surface area contributed by atoms with E-state index in [0.717, 1.165) is 73.6 Å². The van der Waals surface area contributed by atoms with E-state index in [9.17, 15) is 8.42 Å². The molecular formula is C32H41N7O3S. The van der Waals surface area contributed by atoms with Crippen LogP contribution in [0.4, 0.5) is 11.6 Å². The third-order valence-electron chi connectivity index (χ3n) is 9.86. The number of rotatable bonds is 6. The Morgan fingerprint density at radius 3 is 2.74 bits per heavy atom. The van der Waals surface area contributed by atoms with Crippen molar-refractivity contribution >= 4 is 21.7 Å². The number of nitrogens with one attached hydrogen (secondary N) is 2. The fourth-order valence-electron chi connectivity index (χ4n) is 7.48. The molecule has 2 aliphatic carbocycles. The lowest BCUT2D eigenvalue weighted by atomic mass is 9.76. The average molecular weight is 604 g/mol. The molecule has 1 aromatic carbocycles. The van der Waals surface area contributed by atoms with Crippen LogP contribution in [0.5, 0.6) is 5.75 Å². The van der Waals surface area contributed by atoms with Gasteiger partial charge >= 0.3 is 0 Å². The fourth-order valence-corrected chi connectivity index (χ4v) is 8.70. The van der Waals surface area contributed by atoms with Crippen LogP contribution >= 0.6 is 0 Å². The molecule has 4 heterocycles. The van der Waals surface area contributed by atoms with Gasteiger partial charge in [0.1, 0.15) is 35.2 Å². The number of sulfonamides is 1. The summed E-state index contributed by atoms with van der Waals surface area (Å²) in [6.45, 7) is 9.00. The van der Waals surface area contributed by atoms with Crippen molar-refractivity contribution in [2.75, 3.05) is 43.4 Å². The number of anilines is 2. The van der Waals surface area contributed by atoms with Crippen molar-refractivity contribution in [1.82, 2.24) is 25.0 Å². The second kappa shape index (κ2) is 11.0. The van der Waals surface area contributed by atoms with Crippen molar-refractivity contribution in [3.05, 3.63) is 53.6 Å². The molecule has 11 heteroatoms. The van der Waals surface area contributed by atoms with Crippen LogP contribution in [0.15, 0.2) is 41.7 Å². The summed E-state index contributed by atoms with van der Waals surface area (Å²) in [4.78, 5) is 15.9. The quantitative estimate of drug-likeness (QED) is 0.387. The molecule has 7 rings (SSSR count). The van der Waals surface area contributed by atoms with Crippen molar-refractivity contribution in [3.8, 4) is 16.9 Å². The Morgan fingerprint density at radius 2 is 1.93 bits per heavy atom. The first kappa shape index (κ1) is 28.5. The van der Waals surface area contributed by atoms with Gasteiger partial charge in [0.15, 0.2) is 0 Å². The predicted octanol–water partition coefficient (Wildman–Crippen LogP) is 3.56. The Hall–Kier alpha value is -3.28. The molecule has 0 spiro atoms. The number of pyridine rings is 1. The van der Waals surface area contributed by atoms with Crippen molar-refractivity contribution in [2.45, 2.75) is 57.4 Å². The van der Waals surface area contributed by atoms with Gasteiger partial charge in [0.05, 0.1) is 6.54 Å². The molecule has 1 saturated heterocycles. The van der Waals surface area contributed by atoms with Gasteiger partial charge in [0, 0.05) is 41.7 Å². The molecule has 228 valence electrons. The molecule has 4 N–H and O–H groups in total. The van der Waals surface area contributed by atoms with Crippen molar-refractivity contribution in [3.63, 3.8) is 0 Å². The lowest BCUT2D eigenvalue weighted by Gasteiger charge is -2.33. The summed E-state index contributed by atoms with van der Waals surface area (Å²) in [5.74, 6) is 3.47. The number of nitrogens with zero attached hydrogens (tertiary/aromatic N) is 4. The summed E-state index contributed by atoms with van der Waals surface area (Å²) in [5.41, 5.74) is 11.3. The number of fused-ring (bicyclic) bond motifs is 3. The largest absolute Gasteiger partial charge is 0.491 e. The minimum absolute atomic E-state index is 0.00414. The van der Waals surface area contributed by atoms with E-state index < -0.39 is 10.0 Å². The zero-order valence-corrected chi connectivity index (χ0v) is 25.8. The van der Waals surface area contributed by atoms with Crippen LogP contribution in [0.25, 0.3) is 11.1 Å². The molecule has 0 bridgehead atoms. The van der Waals surface area contributed by atoms with E-state index in [1.807, 2.05) is 12.1 Å². The highest BCUT2D eigenvalue weighted by Crippen LogP contribution is 2.40. The number of benzene rings is 1. The molecule has 2 aromatic heterocycles. The summed E-state index contributed by atoms with van der Waals surface area (Å²) < 4.78 is 35.8. The first-order valence-corrected chi connectivity index (χ1v) is 16.9. The minimum Gasteiger partial charge on any atom is -0.491 e. The topological polar surface area (TPSA) is 135 Å². The Labute approximate surface area is 253 Å². The Kier molecular flexibility index (Phi) is 7.30. The lowest BCUT2D eigenvalue weighted by molar-refractivity contribution is 0.310. The number of nitrogen functional groups attached to an aromatic ring is 1. The molecule has 2 fully saturated rings. The van der Waals surface area contributed by atoms with Crippen molar-refractivity contribution in [2.24, 2.45) is 23.2 Å². The van der Waals surface area contributed by atoms with Gasteiger partial charge < -0.3 is 20.7 Å². The van der Waals surface area contributed by atoms with Crippen LogP contribution in [-0.4, -0.2) is 56.2 Å². The number of aryl methyl sites for hydroxylation is 1. The van der Waals surface area contributed by atoms with Gasteiger partial charge in [-0.15, -0.1) is 0 Å². The molecule has 1 saturated carbocycles. The van der Waals surface area contributed by atoms with Crippen LogP contribution in [0.3, 0.4) is 0 Å². The van der Waals surface area contributed by atoms with Crippen molar-refractivity contribution < 1.29 is 13.2 Å². The third-order valence-corrected chi connectivity index (χ3v) is 11.3. The molecular weight excluding hydrogens is 562 g/mol. The normalized spacial score (nSPS) is 24.5. The number of hydrogen-bond donors (Lipinski definition) is 3. The van der Waals surface area contributed by atoms with Crippen LogP contribution in [0.1, 0.15) is 49.9 Å².